The van der Waals surface area contributed by atoms with E-state index in [0.717, 1.165) is 17.1 Å². The van der Waals surface area contributed by atoms with Crippen LogP contribution in [0.3, 0.4) is 0 Å². The lowest BCUT2D eigenvalue weighted by molar-refractivity contribution is 0.586. The molecule has 0 radical (unpaired) electrons. The predicted octanol–water partition coefficient (Wildman–Crippen LogP) is 19.9. The topological polar surface area (TPSA) is 3.24 Å². The van der Waals surface area contributed by atoms with Crippen molar-refractivity contribution in [3.05, 3.63) is 282 Å². The van der Waals surface area contributed by atoms with Gasteiger partial charge >= 0.3 is 0 Å². The largest absolute Gasteiger partial charge is 0.310 e. The van der Waals surface area contributed by atoms with Gasteiger partial charge in [-0.15, -0.1) is 0 Å². The fourth-order valence-corrected chi connectivity index (χ4v) is 12.1. The first-order chi connectivity index (χ1) is 35.9. The van der Waals surface area contributed by atoms with Gasteiger partial charge < -0.3 is 4.90 Å². The van der Waals surface area contributed by atoms with Crippen molar-refractivity contribution in [2.24, 2.45) is 0 Å². The van der Waals surface area contributed by atoms with Crippen molar-refractivity contribution in [3.8, 4) is 66.8 Å². The van der Waals surface area contributed by atoms with Gasteiger partial charge in [-0.05, 0) is 165 Å². The summed E-state index contributed by atoms with van der Waals surface area (Å²) in [5.74, 6) is 0. The molecule has 2 aliphatic carbocycles. The van der Waals surface area contributed by atoms with E-state index in [0.29, 0.717) is 0 Å². The summed E-state index contributed by atoms with van der Waals surface area (Å²) in [6, 6.07) is 93.6. The molecule has 74 heavy (non-hydrogen) atoms. The van der Waals surface area contributed by atoms with E-state index in [-0.39, 0.29) is 10.8 Å². The normalized spacial score (nSPS) is 13.1. The summed E-state index contributed by atoms with van der Waals surface area (Å²) in [6.45, 7) is 14.1. The van der Waals surface area contributed by atoms with Gasteiger partial charge in [-0.2, -0.15) is 0 Å². The standard InChI is InChI=1S/C73H59N/c1-71(2,3)57-33-39-63-64-40-34-58(72(4,5)6)46-68(64)73(67(63)45-57)66-44-56(54-25-17-24-53(43-54)55-29-28-49-20-13-14-23-52(49)42-55)32-38-62(66)65-41-37-60(47-69(65)73)74(59-35-30-50(31-36-59)48-18-9-7-10-19-48)70-27-16-15-26-61(70)51-21-11-8-12-22-51/h7-47H,1-6H3. The second kappa shape index (κ2) is 17.3. The van der Waals surface area contributed by atoms with E-state index in [9.17, 15) is 0 Å². The van der Waals surface area contributed by atoms with Crippen LogP contribution in [0.25, 0.3) is 77.5 Å². The number of anilines is 3. The van der Waals surface area contributed by atoms with Crippen LogP contribution in [0.5, 0.6) is 0 Å². The van der Waals surface area contributed by atoms with E-state index in [4.69, 9.17) is 0 Å². The molecular weight excluding hydrogens is 891 g/mol. The van der Waals surface area contributed by atoms with Crippen molar-refractivity contribution in [1.82, 2.24) is 0 Å². The van der Waals surface area contributed by atoms with Crippen LogP contribution < -0.4 is 4.90 Å². The second-order valence-electron chi connectivity index (χ2n) is 22.5. The van der Waals surface area contributed by atoms with Gasteiger partial charge in [0.15, 0.2) is 0 Å². The number of fused-ring (bicyclic) bond motifs is 11. The van der Waals surface area contributed by atoms with Crippen molar-refractivity contribution >= 4 is 27.8 Å². The van der Waals surface area contributed by atoms with Crippen LogP contribution in [-0.4, -0.2) is 0 Å². The Morgan fingerprint density at radius 2 is 0.703 bits per heavy atom. The molecular formula is C73H59N. The van der Waals surface area contributed by atoms with Crippen molar-refractivity contribution in [1.29, 1.82) is 0 Å². The molecule has 0 unspecified atom stereocenters. The number of rotatable bonds is 7. The molecule has 0 N–H and O–H groups in total. The Kier molecular flexibility index (Phi) is 10.6. The predicted molar refractivity (Wildman–Crippen MR) is 314 cm³/mol. The highest BCUT2D eigenvalue weighted by atomic mass is 15.1. The van der Waals surface area contributed by atoms with Crippen molar-refractivity contribution in [2.45, 2.75) is 57.8 Å². The molecule has 0 atom stereocenters. The molecule has 0 heterocycles. The zero-order chi connectivity index (χ0) is 50.3. The molecule has 11 aromatic carbocycles. The van der Waals surface area contributed by atoms with Gasteiger partial charge in [-0.3, -0.25) is 0 Å². The first-order valence-corrected chi connectivity index (χ1v) is 26.2. The lowest BCUT2D eigenvalue weighted by atomic mass is 9.68. The van der Waals surface area contributed by atoms with Gasteiger partial charge in [0.2, 0.25) is 0 Å². The van der Waals surface area contributed by atoms with Crippen LogP contribution in [0.4, 0.5) is 17.1 Å². The third kappa shape index (κ3) is 7.44. The lowest BCUT2D eigenvalue weighted by Crippen LogP contribution is -2.27. The Hall–Kier alpha value is -8.52. The molecule has 0 aliphatic heterocycles. The summed E-state index contributed by atoms with van der Waals surface area (Å²) in [5, 5.41) is 2.51. The highest BCUT2D eigenvalue weighted by molar-refractivity contribution is 5.99. The molecule has 1 nitrogen and oxygen atoms in total. The highest BCUT2D eigenvalue weighted by Gasteiger charge is 2.53. The van der Waals surface area contributed by atoms with E-state index in [1.807, 2.05) is 0 Å². The number of para-hydroxylation sites is 1. The molecule has 13 rings (SSSR count). The van der Waals surface area contributed by atoms with Crippen LogP contribution in [0.1, 0.15) is 74.9 Å². The zero-order valence-electron chi connectivity index (χ0n) is 43.1. The third-order valence-electron chi connectivity index (χ3n) is 16.0. The lowest BCUT2D eigenvalue weighted by Gasteiger charge is -2.34. The Morgan fingerprint density at radius 1 is 0.270 bits per heavy atom. The van der Waals surface area contributed by atoms with Gasteiger partial charge in [-0.25, -0.2) is 0 Å². The van der Waals surface area contributed by atoms with E-state index < -0.39 is 5.41 Å². The summed E-state index contributed by atoms with van der Waals surface area (Å²) >= 11 is 0. The fraction of sp³-hybridized carbons (Fsp3) is 0.123. The molecule has 0 saturated carbocycles. The van der Waals surface area contributed by atoms with Crippen LogP contribution in [0.2, 0.25) is 0 Å². The fourth-order valence-electron chi connectivity index (χ4n) is 12.1. The number of nitrogens with zero attached hydrogens (tertiary/aromatic N) is 1. The SMILES string of the molecule is CC(C)(C)c1ccc2c(c1)C1(c3cc(-c4cccc(-c5ccc6ccccc6c5)c4)ccc3-c3ccc(N(c4ccc(-c5ccccc5)cc4)c4ccccc4-c4ccccc4)cc31)c1cc(C(C)(C)C)ccc1-2. The summed E-state index contributed by atoms with van der Waals surface area (Å²) in [5.41, 5.74) is 25.4. The minimum absolute atomic E-state index is 0.0669. The van der Waals surface area contributed by atoms with Crippen molar-refractivity contribution in [2.75, 3.05) is 4.90 Å². The summed E-state index contributed by atoms with van der Waals surface area (Å²) in [6.07, 6.45) is 0. The van der Waals surface area contributed by atoms with E-state index in [1.54, 1.807) is 0 Å². The summed E-state index contributed by atoms with van der Waals surface area (Å²) < 4.78 is 0. The number of hydrogen-bond donors (Lipinski definition) is 0. The van der Waals surface area contributed by atoms with Crippen LogP contribution in [0, 0.1) is 0 Å². The van der Waals surface area contributed by atoms with Crippen molar-refractivity contribution < 1.29 is 0 Å². The van der Waals surface area contributed by atoms with E-state index in [1.165, 1.54) is 111 Å². The van der Waals surface area contributed by atoms with Crippen molar-refractivity contribution in [3.63, 3.8) is 0 Å². The Morgan fingerprint density at radius 3 is 1.34 bits per heavy atom. The summed E-state index contributed by atoms with van der Waals surface area (Å²) in [4.78, 5) is 2.49. The van der Waals surface area contributed by atoms with Gasteiger partial charge in [0.1, 0.15) is 0 Å². The van der Waals surface area contributed by atoms with Gasteiger partial charge in [0, 0.05) is 16.9 Å². The molecule has 0 fully saturated rings. The average molecular weight is 950 g/mol. The first kappa shape index (κ1) is 45.4. The van der Waals surface area contributed by atoms with Crippen LogP contribution >= 0.6 is 0 Å². The molecule has 0 saturated heterocycles. The number of benzene rings is 11. The first-order valence-electron chi connectivity index (χ1n) is 26.2. The second-order valence-corrected chi connectivity index (χ2v) is 22.5. The van der Waals surface area contributed by atoms with E-state index >= 15 is 0 Å². The summed E-state index contributed by atoms with van der Waals surface area (Å²) in [7, 11) is 0. The average Bonchev–Trinajstić information content (AvgIpc) is 3.92. The van der Waals surface area contributed by atoms with Gasteiger partial charge in [0.25, 0.3) is 0 Å². The minimum Gasteiger partial charge on any atom is -0.310 e. The van der Waals surface area contributed by atoms with E-state index in [2.05, 4.69) is 295 Å². The maximum atomic E-state index is 2.56. The zero-order valence-corrected chi connectivity index (χ0v) is 43.1. The van der Waals surface area contributed by atoms with Crippen LogP contribution in [-0.2, 0) is 16.2 Å². The van der Waals surface area contributed by atoms with Gasteiger partial charge in [0.05, 0.1) is 11.1 Å². The maximum absolute atomic E-state index is 2.56. The molecule has 2 aliphatic rings. The molecule has 0 aromatic heterocycles. The Labute approximate surface area is 437 Å². The molecule has 1 spiro atoms. The van der Waals surface area contributed by atoms with Crippen LogP contribution in [0.15, 0.2) is 249 Å². The Bertz CT molecular complexity index is 3890. The monoisotopic (exact) mass is 949 g/mol. The quantitative estimate of drug-likeness (QED) is 0.154. The number of hydrogen-bond acceptors (Lipinski definition) is 1. The smallest absolute Gasteiger partial charge is 0.0726 e. The molecule has 356 valence electrons. The highest BCUT2D eigenvalue weighted by Crippen LogP contribution is 2.65. The third-order valence-corrected chi connectivity index (χ3v) is 16.0. The van der Waals surface area contributed by atoms with Gasteiger partial charge in [-0.1, -0.05) is 242 Å². The molecule has 11 aromatic rings. The minimum atomic E-state index is -0.623. The Balaban J connectivity index is 1.07. The molecule has 0 bridgehead atoms. The molecule has 1 heteroatoms. The maximum Gasteiger partial charge on any atom is 0.0726 e. The molecule has 0 amide bonds.